The van der Waals surface area contributed by atoms with Gasteiger partial charge in [-0.05, 0) is 6.07 Å². The van der Waals surface area contributed by atoms with Crippen molar-refractivity contribution in [3.63, 3.8) is 0 Å². The van der Waals surface area contributed by atoms with Gasteiger partial charge in [0.2, 0.25) is 5.95 Å². The fraction of sp³-hybridized carbons (Fsp3) is 0.250. The summed E-state index contributed by atoms with van der Waals surface area (Å²) in [4.78, 5) is 14.0. The largest absolute Gasteiger partial charge is 0.465 e. The van der Waals surface area contributed by atoms with Crippen LogP contribution in [0, 0.1) is 5.95 Å². The van der Waals surface area contributed by atoms with Gasteiger partial charge < -0.3 is 4.74 Å². The van der Waals surface area contributed by atoms with Gasteiger partial charge in [0, 0.05) is 11.8 Å². The molecule has 6 heteroatoms. The highest BCUT2D eigenvalue weighted by Crippen LogP contribution is 2.24. The smallest absolute Gasteiger partial charge is 0.343 e. The van der Waals surface area contributed by atoms with Gasteiger partial charge >= 0.3 is 5.97 Å². The molecule has 0 unspecified atom stereocenters. The van der Waals surface area contributed by atoms with Crippen LogP contribution in [0.3, 0.4) is 0 Å². The van der Waals surface area contributed by atoms with E-state index in [9.17, 15) is 18.0 Å². The molecular weight excluding hydrogens is 199 g/mol. The number of alkyl halides is 2. The topological polar surface area (TPSA) is 39.2 Å². The zero-order valence-corrected chi connectivity index (χ0v) is 7.13. The number of nitrogens with zero attached hydrogens (tertiary/aromatic N) is 1. The minimum Gasteiger partial charge on any atom is -0.465 e. The maximum Gasteiger partial charge on any atom is 0.343 e. The van der Waals surface area contributed by atoms with Crippen LogP contribution in [0.1, 0.15) is 22.3 Å². The van der Waals surface area contributed by atoms with Crippen molar-refractivity contribution in [2.45, 2.75) is 6.43 Å². The van der Waals surface area contributed by atoms with Gasteiger partial charge in [-0.25, -0.2) is 18.6 Å². The van der Waals surface area contributed by atoms with Gasteiger partial charge in [0.15, 0.2) is 0 Å². The highest BCUT2D eigenvalue weighted by Gasteiger charge is 2.23. The van der Waals surface area contributed by atoms with Gasteiger partial charge in [0.1, 0.15) is 5.56 Å². The highest BCUT2D eigenvalue weighted by atomic mass is 19.3. The molecule has 0 bridgehead atoms. The van der Waals surface area contributed by atoms with E-state index in [-0.39, 0.29) is 0 Å². The molecule has 0 aliphatic carbocycles. The van der Waals surface area contributed by atoms with E-state index in [2.05, 4.69) is 9.72 Å². The Balaban J connectivity index is 3.29. The average Bonchev–Trinajstić information content (AvgIpc) is 2.16. The number of halogens is 3. The minimum atomic E-state index is -2.94. The Bertz CT molecular complexity index is 354. The van der Waals surface area contributed by atoms with Gasteiger partial charge in [-0.15, -0.1) is 0 Å². The number of ether oxygens (including phenoxy) is 1. The van der Waals surface area contributed by atoms with E-state index in [0.29, 0.717) is 0 Å². The summed E-state index contributed by atoms with van der Waals surface area (Å²) in [6.07, 6.45) is -2.08. The molecule has 0 atom stereocenters. The van der Waals surface area contributed by atoms with Crippen LogP contribution in [-0.2, 0) is 4.74 Å². The van der Waals surface area contributed by atoms with Crippen molar-refractivity contribution in [3.8, 4) is 0 Å². The first-order chi connectivity index (χ1) is 6.57. The first-order valence-electron chi connectivity index (χ1n) is 3.58. The molecule has 0 aliphatic rings. The molecule has 0 amide bonds. The Labute approximate surface area is 77.5 Å². The number of hydrogen-bond donors (Lipinski definition) is 0. The molecule has 0 N–H and O–H groups in total. The third kappa shape index (κ3) is 1.84. The van der Waals surface area contributed by atoms with Gasteiger partial charge in [0.05, 0.1) is 7.11 Å². The number of rotatable bonds is 2. The van der Waals surface area contributed by atoms with Crippen LogP contribution < -0.4 is 0 Å². The van der Waals surface area contributed by atoms with E-state index in [1.165, 1.54) is 0 Å². The van der Waals surface area contributed by atoms with Crippen LogP contribution in [-0.4, -0.2) is 18.1 Å². The van der Waals surface area contributed by atoms with Crippen LogP contribution in [0.2, 0.25) is 0 Å². The summed E-state index contributed by atoms with van der Waals surface area (Å²) in [5, 5.41) is 0. The fourth-order valence-corrected chi connectivity index (χ4v) is 0.936. The number of pyridine rings is 1. The minimum absolute atomic E-state index is 0.718. The van der Waals surface area contributed by atoms with Gasteiger partial charge in [0.25, 0.3) is 6.43 Å². The molecular formula is C8H6F3NO2. The third-order valence-corrected chi connectivity index (χ3v) is 1.56. The van der Waals surface area contributed by atoms with Crippen molar-refractivity contribution in [3.05, 3.63) is 29.3 Å². The van der Waals surface area contributed by atoms with E-state index >= 15 is 0 Å². The molecule has 1 aromatic heterocycles. The second-order valence-electron chi connectivity index (χ2n) is 2.36. The Morgan fingerprint density at radius 3 is 2.71 bits per heavy atom. The molecule has 3 nitrogen and oxygen atoms in total. The molecule has 0 fully saturated rings. The maximum atomic E-state index is 12.9. The summed E-state index contributed by atoms with van der Waals surface area (Å²) >= 11 is 0. The summed E-state index contributed by atoms with van der Waals surface area (Å²) in [5.74, 6) is -2.42. The number of aromatic nitrogens is 1. The molecule has 0 spiro atoms. The first-order valence-corrected chi connectivity index (χ1v) is 3.58. The zero-order valence-electron chi connectivity index (χ0n) is 7.13. The Kier molecular flexibility index (Phi) is 3.06. The molecule has 0 aliphatic heterocycles. The predicted molar refractivity (Wildman–Crippen MR) is 40.5 cm³/mol. The molecule has 14 heavy (non-hydrogen) atoms. The SMILES string of the molecule is COC(=O)c1c(C(F)F)ccnc1F. The zero-order chi connectivity index (χ0) is 10.7. The van der Waals surface area contributed by atoms with Gasteiger partial charge in [-0.2, -0.15) is 4.39 Å². The van der Waals surface area contributed by atoms with Crippen LogP contribution in [0.15, 0.2) is 12.3 Å². The molecule has 0 radical (unpaired) electrons. The number of methoxy groups -OCH3 is 1. The second-order valence-corrected chi connectivity index (χ2v) is 2.36. The normalized spacial score (nSPS) is 10.4. The molecule has 0 aromatic carbocycles. The highest BCUT2D eigenvalue weighted by molar-refractivity contribution is 5.91. The lowest BCUT2D eigenvalue weighted by atomic mass is 10.1. The maximum absolute atomic E-state index is 12.9. The number of carbonyl (C=O) groups is 1. The van der Waals surface area contributed by atoms with Crippen molar-refractivity contribution in [1.82, 2.24) is 4.98 Å². The molecule has 0 saturated heterocycles. The molecule has 1 aromatic rings. The van der Waals surface area contributed by atoms with Gasteiger partial charge in [-0.1, -0.05) is 0 Å². The van der Waals surface area contributed by atoms with Crippen molar-refractivity contribution in [2.75, 3.05) is 7.11 Å². The molecule has 1 heterocycles. The summed E-state index contributed by atoms with van der Waals surface area (Å²) in [6.45, 7) is 0. The summed E-state index contributed by atoms with van der Waals surface area (Å²) in [7, 11) is 0.976. The number of hydrogen-bond acceptors (Lipinski definition) is 3. The summed E-state index contributed by atoms with van der Waals surface area (Å²) < 4.78 is 41.7. The van der Waals surface area contributed by atoms with Crippen molar-refractivity contribution in [1.29, 1.82) is 0 Å². The number of carbonyl (C=O) groups excluding carboxylic acids is 1. The van der Waals surface area contributed by atoms with E-state index < -0.39 is 29.5 Å². The second kappa shape index (κ2) is 4.08. The van der Waals surface area contributed by atoms with Crippen LogP contribution >= 0.6 is 0 Å². The summed E-state index contributed by atoms with van der Waals surface area (Å²) in [5.41, 5.74) is -1.53. The van der Waals surface area contributed by atoms with E-state index in [1.54, 1.807) is 0 Å². The van der Waals surface area contributed by atoms with E-state index in [4.69, 9.17) is 0 Å². The third-order valence-electron chi connectivity index (χ3n) is 1.56. The van der Waals surface area contributed by atoms with Crippen LogP contribution in [0.25, 0.3) is 0 Å². The predicted octanol–water partition coefficient (Wildman–Crippen LogP) is 1.94. The monoisotopic (exact) mass is 205 g/mol. The van der Waals surface area contributed by atoms with Crippen molar-refractivity contribution < 1.29 is 22.7 Å². The Morgan fingerprint density at radius 1 is 1.57 bits per heavy atom. The van der Waals surface area contributed by atoms with Crippen LogP contribution in [0.5, 0.6) is 0 Å². The van der Waals surface area contributed by atoms with Crippen LogP contribution in [0.4, 0.5) is 13.2 Å². The first kappa shape index (κ1) is 10.5. The quantitative estimate of drug-likeness (QED) is 0.547. The Morgan fingerprint density at radius 2 is 2.21 bits per heavy atom. The lowest BCUT2D eigenvalue weighted by Crippen LogP contribution is -2.10. The van der Waals surface area contributed by atoms with E-state index in [0.717, 1.165) is 19.4 Å². The van der Waals surface area contributed by atoms with E-state index in [1.807, 2.05) is 0 Å². The van der Waals surface area contributed by atoms with Crippen molar-refractivity contribution >= 4 is 5.97 Å². The average molecular weight is 205 g/mol. The number of esters is 1. The Hall–Kier alpha value is -1.59. The fourth-order valence-electron chi connectivity index (χ4n) is 0.936. The molecule has 76 valence electrons. The summed E-state index contributed by atoms with van der Waals surface area (Å²) in [6, 6.07) is 0.875. The lowest BCUT2D eigenvalue weighted by Gasteiger charge is -2.06. The molecule has 1 rings (SSSR count). The lowest BCUT2D eigenvalue weighted by molar-refractivity contribution is 0.0581. The standard InChI is InChI=1S/C8H6F3NO2/c1-14-8(13)5-4(6(9)10)2-3-12-7(5)11/h2-3,6H,1H3. The van der Waals surface area contributed by atoms with Crippen molar-refractivity contribution in [2.24, 2.45) is 0 Å². The van der Waals surface area contributed by atoms with Gasteiger partial charge in [-0.3, -0.25) is 0 Å². The molecule has 0 saturated carbocycles.